The molecule has 3 aromatic rings. The third-order valence-corrected chi connectivity index (χ3v) is 6.29. The number of barbiturate groups is 1. The predicted octanol–water partition coefficient (Wildman–Crippen LogP) is 5.98. The Balaban J connectivity index is 1.39. The molecule has 4 rings (SSSR count). The van der Waals surface area contributed by atoms with Crippen molar-refractivity contribution in [2.75, 3.05) is 18.1 Å². The molecule has 37 heavy (non-hydrogen) atoms. The first-order valence-corrected chi connectivity index (χ1v) is 12.4. The molecule has 0 spiro atoms. The van der Waals surface area contributed by atoms with E-state index < -0.39 is 17.8 Å². The number of carbonyl (C=O) groups is 3. The second-order valence-electron chi connectivity index (χ2n) is 8.58. The Kier molecular flexibility index (Phi) is 8.25. The molecule has 0 saturated carbocycles. The van der Waals surface area contributed by atoms with Crippen molar-refractivity contribution in [3.63, 3.8) is 0 Å². The van der Waals surface area contributed by atoms with Crippen molar-refractivity contribution in [1.82, 2.24) is 5.32 Å². The molecule has 0 bridgehead atoms. The molecule has 190 valence electrons. The minimum Gasteiger partial charge on any atom is -0.490 e. The molecular formula is C29H27ClN2O5. The lowest BCUT2D eigenvalue weighted by Crippen LogP contribution is -2.54. The lowest BCUT2D eigenvalue weighted by molar-refractivity contribution is -0.122. The lowest BCUT2D eigenvalue weighted by Gasteiger charge is -2.26. The molecule has 1 aliphatic rings. The normalized spacial score (nSPS) is 15.5. The van der Waals surface area contributed by atoms with Crippen LogP contribution < -0.4 is 19.7 Å². The molecule has 0 aromatic heterocycles. The average Bonchev–Trinajstić information content (AvgIpc) is 2.90. The highest BCUT2D eigenvalue weighted by atomic mass is 35.5. The summed E-state index contributed by atoms with van der Waals surface area (Å²) in [6.07, 6.45) is 2.51. The highest BCUT2D eigenvalue weighted by molar-refractivity contribution is 6.39. The van der Waals surface area contributed by atoms with Gasteiger partial charge in [0.2, 0.25) is 0 Å². The number of carbonyl (C=O) groups excluding carboxylic acids is 3. The Morgan fingerprint density at radius 2 is 1.59 bits per heavy atom. The molecule has 0 radical (unpaired) electrons. The van der Waals surface area contributed by atoms with E-state index in [9.17, 15) is 14.4 Å². The molecule has 7 nitrogen and oxygen atoms in total. The number of ether oxygens (including phenoxy) is 2. The molecule has 1 aliphatic heterocycles. The van der Waals surface area contributed by atoms with Crippen molar-refractivity contribution < 1.29 is 23.9 Å². The summed E-state index contributed by atoms with van der Waals surface area (Å²) in [5.74, 6) is 0.347. The Morgan fingerprint density at radius 1 is 0.919 bits per heavy atom. The van der Waals surface area contributed by atoms with Crippen molar-refractivity contribution in [3.8, 4) is 11.5 Å². The van der Waals surface area contributed by atoms with E-state index in [1.54, 1.807) is 36.4 Å². The van der Waals surface area contributed by atoms with Crippen molar-refractivity contribution in [1.29, 1.82) is 0 Å². The molecule has 1 fully saturated rings. The Bertz CT molecular complexity index is 1320. The van der Waals surface area contributed by atoms with Crippen molar-refractivity contribution in [2.24, 2.45) is 0 Å². The summed E-state index contributed by atoms with van der Waals surface area (Å²) in [5, 5.41) is 2.67. The van der Waals surface area contributed by atoms with Crippen molar-refractivity contribution >= 4 is 41.2 Å². The summed E-state index contributed by atoms with van der Waals surface area (Å²) in [5.41, 5.74) is 1.98. The van der Waals surface area contributed by atoms with Crippen LogP contribution in [0.5, 0.6) is 11.5 Å². The number of rotatable bonds is 9. The molecule has 1 saturated heterocycles. The number of anilines is 1. The number of halogens is 1. The molecular weight excluding hydrogens is 492 g/mol. The maximum absolute atomic E-state index is 13.0. The van der Waals surface area contributed by atoms with Crippen LogP contribution in [0.4, 0.5) is 10.5 Å². The van der Waals surface area contributed by atoms with Gasteiger partial charge in [-0.25, -0.2) is 9.69 Å². The molecule has 4 amide bonds. The van der Waals surface area contributed by atoms with Crippen LogP contribution in [0.1, 0.15) is 37.3 Å². The SMILES string of the molecule is CCC(C)c1ccc(OCCOc2cccc(C=C3C(=O)NC(=O)N(c4ccc(Cl)cc4)C3=O)c2)cc1. The van der Waals surface area contributed by atoms with Gasteiger partial charge in [-0.1, -0.05) is 49.7 Å². The van der Waals surface area contributed by atoms with Crippen LogP contribution in [-0.2, 0) is 9.59 Å². The van der Waals surface area contributed by atoms with Crippen LogP contribution in [0.2, 0.25) is 5.02 Å². The van der Waals surface area contributed by atoms with Gasteiger partial charge in [0.15, 0.2) is 0 Å². The minimum atomic E-state index is -0.818. The third-order valence-electron chi connectivity index (χ3n) is 6.04. The van der Waals surface area contributed by atoms with Crippen LogP contribution in [0.15, 0.2) is 78.4 Å². The fourth-order valence-electron chi connectivity index (χ4n) is 3.79. The van der Waals surface area contributed by atoms with E-state index >= 15 is 0 Å². The van der Waals surface area contributed by atoms with Crippen molar-refractivity contribution in [2.45, 2.75) is 26.2 Å². The number of imide groups is 2. The largest absolute Gasteiger partial charge is 0.490 e. The topological polar surface area (TPSA) is 84.9 Å². The summed E-state index contributed by atoms with van der Waals surface area (Å²) < 4.78 is 11.6. The summed E-state index contributed by atoms with van der Waals surface area (Å²) in [6, 6.07) is 20.4. The fraction of sp³-hybridized carbons (Fsp3) is 0.207. The van der Waals surface area contributed by atoms with E-state index in [-0.39, 0.29) is 5.57 Å². The zero-order chi connectivity index (χ0) is 26.4. The lowest BCUT2D eigenvalue weighted by atomic mass is 9.99. The van der Waals surface area contributed by atoms with Gasteiger partial charge in [0.25, 0.3) is 11.8 Å². The van der Waals surface area contributed by atoms with Gasteiger partial charge >= 0.3 is 6.03 Å². The van der Waals surface area contributed by atoms with Crippen LogP contribution in [0.3, 0.4) is 0 Å². The van der Waals surface area contributed by atoms with Crippen molar-refractivity contribution in [3.05, 3.63) is 94.5 Å². The summed E-state index contributed by atoms with van der Waals surface area (Å²) in [6.45, 7) is 5.02. The van der Waals surface area contributed by atoms with Crippen LogP contribution in [0, 0.1) is 0 Å². The predicted molar refractivity (Wildman–Crippen MR) is 143 cm³/mol. The van der Waals surface area contributed by atoms with E-state index in [0.717, 1.165) is 17.1 Å². The first-order valence-electron chi connectivity index (χ1n) is 12.0. The maximum atomic E-state index is 13.0. The molecule has 1 N–H and O–H groups in total. The highest BCUT2D eigenvalue weighted by Gasteiger charge is 2.36. The monoisotopic (exact) mass is 518 g/mol. The third kappa shape index (κ3) is 6.37. The summed E-state index contributed by atoms with van der Waals surface area (Å²) in [4.78, 5) is 38.7. The zero-order valence-electron chi connectivity index (χ0n) is 20.6. The highest BCUT2D eigenvalue weighted by Crippen LogP contribution is 2.25. The maximum Gasteiger partial charge on any atom is 0.335 e. The second kappa shape index (κ2) is 11.8. The molecule has 0 aliphatic carbocycles. The number of hydrogen-bond donors (Lipinski definition) is 1. The van der Waals surface area contributed by atoms with E-state index in [4.69, 9.17) is 21.1 Å². The zero-order valence-corrected chi connectivity index (χ0v) is 21.3. The average molecular weight is 519 g/mol. The first-order chi connectivity index (χ1) is 17.9. The van der Waals surface area contributed by atoms with Crippen LogP contribution in [0.25, 0.3) is 6.08 Å². The molecule has 1 atom stereocenters. The van der Waals surface area contributed by atoms with Crippen LogP contribution >= 0.6 is 11.6 Å². The van der Waals surface area contributed by atoms with E-state index in [0.29, 0.717) is 41.2 Å². The number of benzene rings is 3. The number of nitrogens with one attached hydrogen (secondary N) is 1. The Morgan fingerprint density at radius 3 is 2.27 bits per heavy atom. The van der Waals surface area contributed by atoms with Gasteiger partial charge < -0.3 is 9.47 Å². The van der Waals surface area contributed by atoms with Gasteiger partial charge in [-0.15, -0.1) is 0 Å². The number of nitrogens with zero attached hydrogens (tertiary/aromatic N) is 1. The number of amides is 4. The minimum absolute atomic E-state index is 0.170. The number of hydrogen-bond acceptors (Lipinski definition) is 5. The van der Waals surface area contributed by atoms with Gasteiger partial charge in [0, 0.05) is 5.02 Å². The van der Waals surface area contributed by atoms with E-state index in [2.05, 4.69) is 31.3 Å². The van der Waals surface area contributed by atoms with Gasteiger partial charge in [0.1, 0.15) is 30.3 Å². The summed E-state index contributed by atoms with van der Waals surface area (Å²) in [7, 11) is 0. The van der Waals surface area contributed by atoms with Gasteiger partial charge in [0.05, 0.1) is 5.69 Å². The van der Waals surface area contributed by atoms with Gasteiger partial charge in [-0.3, -0.25) is 14.9 Å². The van der Waals surface area contributed by atoms with Crippen LogP contribution in [-0.4, -0.2) is 31.1 Å². The van der Waals surface area contributed by atoms with E-state index in [1.165, 1.54) is 23.8 Å². The Labute approximate surface area is 220 Å². The fourth-order valence-corrected chi connectivity index (χ4v) is 3.92. The van der Waals surface area contributed by atoms with Gasteiger partial charge in [-0.2, -0.15) is 0 Å². The molecule has 8 heteroatoms. The molecule has 1 unspecified atom stereocenters. The first kappa shape index (κ1) is 26.0. The van der Waals surface area contributed by atoms with Gasteiger partial charge in [-0.05, 0) is 78.1 Å². The summed E-state index contributed by atoms with van der Waals surface area (Å²) >= 11 is 5.91. The second-order valence-corrected chi connectivity index (χ2v) is 9.02. The van der Waals surface area contributed by atoms with E-state index in [1.807, 2.05) is 12.1 Å². The molecule has 1 heterocycles. The standard InChI is InChI=1S/C29H27ClN2O5/c1-3-19(2)21-7-13-24(14-8-21)36-15-16-37-25-6-4-5-20(17-25)18-26-27(33)31-29(35)32(28(26)34)23-11-9-22(30)10-12-23/h4-14,17-19H,3,15-16H2,1-2H3,(H,31,33,35). The molecule has 3 aromatic carbocycles. The quantitative estimate of drug-likeness (QED) is 0.214. The number of urea groups is 1. The smallest absolute Gasteiger partial charge is 0.335 e. The Hall–Kier alpha value is -4.10.